The normalized spacial score (nSPS) is 13.3. The van der Waals surface area contributed by atoms with Crippen molar-refractivity contribution >= 4 is 35.4 Å². The van der Waals surface area contributed by atoms with Crippen molar-refractivity contribution in [1.29, 1.82) is 0 Å². The maximum absolute atomic E-state index is 12.9. The first-order valence-electron chi connectivity index (χ1n) is 12.1. The summed E-state index contributed by atoms with van der Waals surface area (Å²) in [6.07, 6.45) is 7.11. The molecule has 3 aromatic rings. The van der Waals surface area contributed by atoms with E-state index in [1.807, 2.05) is 61.5 Å². The number of hydroxylamine groups is 1. The third kappa shape index (κ3) is 7.49. The molecule has 1 aliphatic rings. The number of carbonyl (C=O) groups is 3. The van der Waals surface area contributed by atoms with Crippen LogP contribution < -0.4 is 16.1 Å². The van der Waals surface area contributed by atoms with Gasteiger partial charge in [0.1, 0.15) is 0 Å². The Morgan fingerprint density at radius 2 is 1.49 bits per heavy atom. The van der Waals surface area contributed by atoms with Gasteiger partial charge in [0.05, 0.1) is 0 Å². The van der Waals surface area contributed by atoms with Crippen LogP contribution in [0, 0.1) is 6.92 Å². The van der Waals surface area contributed by atoms with E-state index in [1.165, 1.54) is 6.08 Å². The molecule has 0 radical (unpaired) electrons. The summed E-state index contributed by atoms with van der Waals surface area (Å²) in [7, 11) is 0. The van der Waals surface area contributed by atoms with Crippen molar-refractivity contribution < 1.29 is 19.6 Å². The average Bonchev–Trinajstić information content (AvgIpc) is 3.74. The van der Waals surface area contributed by atoms with Gasteiger partial charge in [0, 0.05) is 29.8 Å². The van der Waals surface area contributed by atoms with Crippen LogP contribution >= 0.6 is 0 Å². The predicted octanol–water partition coefficient (Wildman–Crippen LogP) is 4.26. The molecule has 7 heteroatoms. The second-order valence-corrected chi connectivity index (χ2v) is 9.03. The minimum Gasteiger partial charge on any atom is -0.349 e. The molecule has 0 bridgehead atoms. The van der Waals surface area contributed by atoms with Crippen molar-refractivity contribution in [2.75, 3.05) is 0 Å². The quantitative estimate of drug-likeness (QED) is 0.154. The molecule has 1 saturated carbocycles. The fraction of sp³-hybridized carbons (Fsp3) is 0.167. The van der Waals surface area contributed by atoms with Gasteiger partial charge in [-0.2, -0.15) is 0 Å². The van der Waals surface area contributed by atoms with E-state index in [2.05, 4.69) is 10.6 Å². The number of rotatable bonds is 9. The lowest BCUT2D eigenvalue weighted by atomic mass is 10.00. The fourth-order valence-electron chi connectivity index (χ4n) is 3.63. The predicted molar refractivity (Wildman–Crippen MR) is 143 cm³/mol. The number of amides is 3. The van der Waals surface area contributed by atoms with E-state index in [0.717, 1.165) is 40.7 Å². The monoisotopic (exact) mass is 495 g/mol. The Balaban J connectivity index is 1.37. The fourth-order valence-corrected chi connectivity index (χ4v) is 3.63. The molecule has 0 heterocycles. The highest BCUT2D eigenvalue weighted by molar-refractivity contribution is 6.24. The summed E-state index contributed by atoms with van der Waals surface area (Å²) < 4.78 is 0. The first-order valence-corrected chi connectivity index (χ1v) is 12.1. The number of benzene rings is 3. The molecule has 0 unspecified atom stereocenters. The van der Waals surface area contributed by atoms with Crippen LogP contribution in [-0.2, 0) is 16.1 Å². The molecule has 4 N–H and O–H groups in total. The Morgan fingerprint density at radius 3 is 2.11 bits per heavy atom. The second-order valence-electron chi connectivity index (χ2n) is 9.03. The van der Waals surface area contributed by atoms with Crippen molar-refractivity contribution in [2.24, 2.45) is 0 Å². The summed E-state index contributed by atoms with van der Waals surface area (Å²) in [5, 5.41) is 14.5. The number of hydrogen-bond acceptors (Lipinski definition) is 4. The van der Waals surface area contributed by atoms with E-state index >= 15 is 0 Å². The van der Waals surface area contributed by atoms with Gasteiger partial charge < -0.3 is 10.6 Å². The largest absolute Gasteiger partial charge is 0.349 e. The van der Waals surface area contributed by atoms with Gasteiger partial charge in [0.25, 0.3) is 11.8 Å². The van der Waals surface area contributed by atoms with Gasteiger partial charge >= 0.3 is 0 Å². The van der Waals surface area contributed by atoms with E-state index in [0.29, 0.717) is 17.7 Å². The molecule has 0 spiro atoms. The Hall–Kier alpha value is -4.49. The van der Waals surface area contributed by atoms with Gasteiger partial charge in [0.15, 0.2) is 0 Å². The summed E-state index contributed by atoms with van der Waals surface area (Å²) in [5.41, 5.74) is 7.10. The molecule has 1 aliphatic carbocycles. The average molecular weight is 496 g/mol. The Kier molecular flexibility index (Phi) is 8.28. The molecule has 0 atom stereocenters. The molecular weight excluding hydrogens is 466 g/mol. The van der Waals surface area contributed by atoms with E-state index in [9.17, 15) is 14.4 Å². The summed E-state index contributed by atoms with van der Waals surface area (Å²) in [6, 6.07) is 22.4. The van der Waals surface area contributed by atoms with Crippen LogP contribution in [0.25, 0.3) is 17.7 Å². The standard InChI is InChI=1S/C30H29N3O4/c1-20-2-11-24(12-3-20)27(30(36)32-26-15-16-26)18-22-6-4-21(5-7-22)10-17-28(34)31-19-23-8-13-25(14-9-23)29(35)33-37/h2-14,17-18,26,37H,15-16,19H2,1H3,(H,31,34)(H,32,36)(H,33,35). The Bertz CT molecular complexity index is 1320. The molecule has 3 aromatic carbocycles. The van der Waals surface area contributed by atoms with E-state index in [1.54, 1.807) is 35.8 Å². The first kappa shape index (κ1) is 25.6. The zero-order valence-corrected chi connectivity index (χ0v) is 20.5. The van der Waals surface area contributed by atoms with Gasteiger partial charge in [-0.15, -0.1) is 0 Å². The Morgan fingerprint density at radius 1 is 0.865 bits per heavy atom. The van der Waals surface area contributed by atoms with Crippen molar-refractivity contribution in [3.8, 4) is 0 Å². The maximum Gasteiger partial charge on any atom is 0.274 e. The minimum atomic E-state index is -0.590. The molecule has 7 nitrogen and oxygen atoms in total. The molecule has 3 amide bonds. The summed E-state index contributed by atoms with van der Waals surface area (Å²) in [4.78, 5) is 36.5. The summed E-state index contributed by atoms with van der Waals surface area (Å²) in [5.74, 6) is -0.911. The molecule has 0 aromatic heterocycles. The van der Waals surface area contributed by atoms with Crippen LogP contribution in [0.3, 0.4) is 0 Å². The molecule has 4 rings (SSSR count). The lowest BCUT2D eigenvalue weighted by Gasteiger charge is -2.10. The summed E-state index contributed by atoms with van der Waals surface area (Å²) >= 11 is 0. The minimum absolute atomic E-state index is 0.0710. The number of hydrogen-bond donors (Lipinski definition) is 4. The van der Waals surface area contributed by atoms with Crippen molar-refractivity contribution in [2.45, 2.75) is 32.4 Å². The van der Waals surface area contributed by atoms with Gasteiger partial charge in [-0.1, -0.05) is 66.2 Å². The lowest BCUT2D eigenvalue weighted by molar-refractivity contribution is -0.117. The van der Waals surface area contributed by atoms with Gasteiger partial charge in [-0.05, 0) is 66.3 Å². The molecule has 1 fully saturated rings. The van der Waals surface area contributed by atoms with Crippen molar-refractivity contribution in [1.82, 2.24) is 16.1 Å². The number of nitrogens with one attached hydrogen (secondary N) is 3. The lowest BCUT2D eigenvalue weighted by Crippen LogP contribution is -2.26. The van der Waals surface area contributed by atoms with E-state index < -0.39 is 5.91 Å². The topological polar surface area (TPSA) is 108 Å². The maximum atomic E-state index is 12.9. The van der Waals surface area contributed by atoms with Crippen LogP contribution in [0.15, 0.2) is 78.9 Å². The van der Waals surface area contributed by atoms with Crippen molar-refractivity contribution in [3.63, 3.8) is 0 Å². The molecule has 0 aliphatic heterocycles. The Labute approximate surface area is 215 Å². The SMILES string of the molecule is Cc1ccc(C(=Cc2ccc(C=CC(=O)NCc3ccc(C(=O)NO)cc3)cc2)C(=O)NC2CC2)cc1. The van der Waals surface area contributed by atoms with Crippen LogP contribution in [-0.4, -0.2) is 29.0 Å². The first-order chi connectivity index (χ1) is 17.9. The highest BCUT2D eigenvalue weighted by Crippen LogP contribution is 2.24. The van der Waals surface area contributed by atoms with E-state index in [4.69, 9.17) is 5.21 Å². The van der Waals surface area contributed by atoms with E-state index in [-0.39, 0.29) is 17.9 Å². The second kappa shape index (κ2) is 12.0. The van der Waals surface area contributed by atoms with Gasteiger partial charge in [-0.3, -0.25) is 19.6 Å². The number of aryl methyl sites for hydroxylation is 1. The van der Waals surface area contributed by atoms with Crippen LogP contribution in [0.5, 0.6) is 0 Å². The van der Waals surface area contributed by atoms with Crippen molar-refractivity contribution in [3.05, 3.63) is 112 Å². The van der Waals surface area contributed by atoms with Crippen LogP contribution in [0.2, 0.25) is 0 Å². The smallest absolute Gasteiger partial charge is 0.274 e. The van der Waals surface area contributed by atoms with Crippen LogP contribution in [0.1, 0.15) is 51.0 Å². The summed E-state index contributed by atoms with van der Waals surface area (Å²) in [6.45, 7) is 2.32. The van der Waals surface area contributed by atoms with Gasteiger partial charge in [0.2, 0.25) is 5.91 Å². The van der Waals surface area contributed by atoms with Crippen LogP contribution in [0.4, 0.5) is 0 Å². The highest BCUT2D eigenvalue weighted by Gasteiger charge is 2.25. The third-order valence-electron chi connectivity index (χ3n) is 5.98. The highest BCUT2D eigenvalue weighted by atomic mass is 16.5. The van der Waals surface area contributed by atoms with Gasteiger partial charge in [-0.25, -0.2) is 5.48 Å². The molecular formula is C30H29N3O4. The number of carbonyl (C=O) groups excluding carboxylic acids is 3. The molecule has 0 saturated heterocycles. The zero-order valence-electron chi connectivity index (χ0n) is 20.5. The zero-order chi connectivity index (χ0) is 26.2. The molecule has 37 heavy (non-hydrogen) atoms. The third-order valence-corrected chi connectivity index (χ3v) is 5.98. The molecule has 188 valence electrons.